The summed E-state index contributed by atoms with van der Waals surface area (Å²) < 4.78 is 37.5. The average molecular weight is 616 g/mol. The minimum absolute atomic E-state index is 0.0441. The summed E-state index contributed by atoms with van der Waals surface area (Å²) in [6, 6.07) is 20.0. The Labute approximate surface area is 253 Å². The molecule has 9 nitrogen and oxygen atoms in total. The van der Waals surface area contributed by atoms with Crippen molar-refractivity contribution in [3.8, 4) is 11.5 Å². The molecule has 3 rings (SSSR count). The largest absolute Gasteiger partial charge is 0.497 e. The van der Waals surface area contributed by atoms with Gasteiger partial charge in [0.25, 0.3) is 0 Å². The Morgan fingerprint density at radius 1 is 0.952 bits per heavy atom. The second kappa shape index (κ2) is 14.9. The van der Waals surface area contributed by atoms with Crippen LogP contribution in [0.5, 0.6) is 11.5 Å². The fourth-order valence-electron chi connectivity index (χ4n) is 4.39. The third-order valence-corrected chi connectivity index (χ3v) is 8.30. The number of benzene rings is 3. The van der Waals surface area contributed by atoms with Crippen LogP contribution in [0, 0.1) is 0 Å². The number of nitrogens with zero attached hydrogens (tertiary/aromatic N) is 2. The summed E-state index contributed by atoms with van der Waals surface area (Å²) in [4.78, 5) is 29.4. The molecule has 0 unspecified atom stereocenters. The van der Waals surface area contributed by atoms with Crippen LogP contribution in [0.4, 0.5) is 5.69 Å². The molecule has 2 amide bonds. The second-order valence-electron chi connectivity index (χ2n) is 9.99. The van der Waals surface area contributed by atoms with E-state index in [1.165, 1.54) is 30.2 Å². The van der Waals surface area contributed by atoms with E-state index in [4.69, 9.17) is 21.1 Å². The van der Waals surface area contributed by atoms with Crippen molar-refractivity contribution in [3.05, 3.63) is 88.9 Å². The second-order valence-corrected chi connectivity index (χ2v) is 12.3. The van der Waals surface area contributed by atoms with Gasteiger partial charge in [-0.05, 0) is 54.8 Å². The van der Waals surface area contributed by atoms with Gasteiger partial charge in [-0.1, -0.05) is 61.0 Å². The first kappa shape index (κ1) is 32.8. The zero-order valence-electron chi connectivity index (χ0n) is 24.5. The summed E-state index contributed by atoms with van der Waals surface area (Å²) in [7, 11) is -0.932. The van der Waals surface area contributed by atoms with Crippen molar-refractivity contribution in [2.45, 2.75) is 45.3 Å². The Balaban J connectivity index is 2.08. The minimum Gasteiger partial charge on any atom is -0.497 e. The minimum atomic E-state index is -3.93. The molecule has 0 aromatic heterocycles. The van der Waals surface area contributed by atoms with Gasteiger partial charge in [-0.2, -0.15) is 0 Å². The number of anilines is 1. The topological polar surface area (TPSA) is 105 Å². The van der Waals surface area contributed by atoms with Crippen molar-refractivity contribution in [3.63, 3.8) is 0 Å². The molecule has 1 N–H and O–H groups in total. The number of methoxy groups -OCH3 is 2. The van der Waals surface area contributed by atoms with Gasteiger partial charge in [0.15, 0.2) is 0 Å². The van der Waals surface area contributed by atoms with Crippen molar-refractivity contribution >= 4 is 39.1 Å². The lowest BCUT2D eigenvalue weighted by Crippen LogP contribution is -2.54. The van der Waals surface area contributed by atoms with Gasteiger partial charge >= 0.3 is 0 Å². The number of carbonyl (C=O) groups excluding carboxylic acids is 2. The molecule has 0 aliphatic rings. The zero-order chi connectivity index (χ0) is 30.9. The highest BCUT2D eigenvalue weighted by Gasteiger charge is 2.33. The Kier molecular flexibility index (Phi) is 11.6. The maximum absolute atomic E-state index is 14.2. The lowest BCUT2D eigenvalue weighted by molar-refractivity contribution is -0.140. The van der Waals surface area contributed by atoms with Crippen LogP contribution >= 0.6 is 11.6 Å². The fraction of sp³-hybridized carbons (Fsp3) is 0.355. The number of amides is 2. The molecule has 3 aromatic carbocycles. The molecule has 0 fully saturated rings. The van der Waals surface area contributed by atoms with E-state index < -0.39 is 28.5 Å². The van der Waals surface area contributed by atoms with Gasteiger partial charge in [-0.3, -0.25) is 13.9 Å². The molecule has 0 saturated heterocycles. The summed E-state index contributed by atoms with van der Waals surface area (Å²) in [5.41, 5.74) is 1.77. The molecule has 0 radical (unpaired) electrons. The molecule has 0 spiro atoms. The number of nitrogens with one attached hydrogen (secondary N) is 1. The average Bonchev–Trinajstić information content (AvgIpc) is 2.97. The number of ether oxygens (including phenoxy) is 2. The summed E-state index contributed by atoms with van der Waals surface area (Å²) in [5.74, 6) is 0.0666. The monoisotopic (exact) mass is 615 g/mol. The zero-order valence-corrected chi connectivity index (χ0v) is 26.1. The van der Waals surface area contributed by atoms with E-state index >= 15 is 0 Å². The van der Waals surface area contributed by atoms with E-state index in [1.807, 2.05) is 50.2 Å². The number of carbonyl (C=O) groups is 2. The Hall–Kier alpha value is -3.76. The molecule has 3 aromatic rings. The van der Waals surface area contributed by atoms with Crippen molar-refractivity contribution in [1.82, 2.24) is 10.2 Å². The van der Waals surface area contributed by atoms with Crippen LogP contribution in [0.2, 0.25) is 5.02 Å². The smallest absolute Gasteiger partial charge is 0.244 e. The van der Waals surface area contributed by atoms with Crippen LogP contribution in [0.3, 0.4) is 0 Å². The number of rotatable bonds is 14. The Bertz CT molecular complexity index is 1470. The highest BCUT2D eigenvalue weighted by molar-refractivity contribution is 7.92. The van der Waals surface area contributed by atoms with E-state index in [9.17, 15) is 18.0 Å². The van der Waals surface area contributed by atoms with Gasteiger partial charge in [-0.25, -0.2) is 8.42 Å². The van der Waals surface area contributed by atoms with Crippen LogP contribution in [0.15, 0.2) is 72.8 Å². The standard InChI is InChI=1S/C31H38ClN3O6S/c1-6-22(2)33-31(37)28(18-23-11-8-7-9-12-23)34(20-24-13-10-14-26(17-24)40-3)30(36)21-35(42(5,38)39)25-15-16-29(41-4)27(32)19-25/h7-17,19,22,28H,6,18,20-21H2,1-5H3,(H,33,37)/t22-,28-/m0/s1. The van der Waals surface area contributed by atoms with Crippen LogP contribution in [-0.2, 0) is 32.6 Å². The SMILES string of the molecule is CC[C@H](C)NC(=O)[C@H](Cc1ccccc1)N(Cc1cccc(OC)c1)C(=O)CN(c1ccc(OC)c(Cl)c1)S(C)(=O)=O. The Morgan fingerprint density at radius 2 is 1.64 bits per heavy atom. The normalized spacial score (nSPS) is 12.6. The molecule has 0 saturated carbocycles. The molecule has 2 atom stereocenters. The van der Waals surface area contributed by atoms with Gasteiger partial charge in [0.2, 0.25) is 21.8 Å². The molecule has 0 heterocycles. The van der Waals surface area contributed by atoms with Crippen LogP contribution < -0.4 is 19.1 Å². The Morgan fingerprint density at radius 3 is 2.24 bits per heavy atom. The third-order valence-electron chi connectivity index (χ3n) is 6.86. The van der Waals surface area contributed by atoms with E-state index in [0.29, 0.717) is 17.9 Å². The third kappa shape index (κ3) is 8.87. The predicted molar refractivity (Wildman–Crippen MR) is 166 cm³/mol. The number of hydrogen-bond donors (Lipinski definition) is 1. The summed E-state index contributed by atoms with van der Waals surface area (Å²) >= 11 is 6.30. The molecular weight excluding hydrogens is 578 g/mol. The summed E-state index contributed by atoms with van der Waals surface area (Å²) in [6.07, 6.45) is 1.95. The molecule has 42 heavy (non-hydrogen) atoms. The van der Waals surface area contributed by atoms with Gasteiger partial charge in [0.05, 0.1) is 31.2 Å². The van der Waals surface area contributed by atoms with Gasteiger partial charge in [0.1, 0.15) is 24.1 Å². The van der Waals surface area contributed by atoms with Gasteiger partial charge in [0, 0.05) is 19.0 Å². The van der Waals surface area contributed by atoms with Gasteiger partial charge < -0.3 is 19.7 Å². The van der Waals surface area contributed by atoms with Crippen molar-refractivity contribution < 1.29 is 27.5 Å². The van der Waals surface area contributed by atoms with Crippen LogP contribution in [0.1, 0.15) is 31.4 Å². The highest BCUT2D eigenvalue weighted by atomic mass is 35.5. The van der Waals surface area contributed by atoms with Gasteiger partial charge in [-0.15, -0.1) is 0 Å². The van der Waals surface area contributed by atoms with E-state index in [2.05, 4.69) is 5.32 Å². The molecule has 11 heteroatoms. The molecule has 226 valence electrons. The maximum atomic E-state index is 14.2. The van der Waals surface area contributed by atoms with Crippen LogP contribution in [0.25, 0.3) is 0 Å². The molecular formula is C31H38ClN3O6S. The molecule has 0 aliphatic heterocycles. The molecule has 0 aliphatic carbocycles. The van der Waals surface area contributed by atoms with E-state index in [-0.39, 0.29) is 35.6 Å². The number of halogens is 1. The number of sulfonamides is 1. The predicted octanol–water partition coefficient (Wildman–Crippen LogP) is 4.68. The first-order chi connectivity index (χ1) is 20.0. The summed E-state index contributed by atoms with van der Waals surface area (Å²) in [6.45, 7) is 3.35. The van der Waals surface area contributed by atoms with Crippen LogP contribution in [-0.4, -0.2) is 64.2 Å². The number of hydrogen-bond acceptors (Lipinski definition) is 6. The van der Waals surface area contributed by atoms with Crippen molar-refractivity contribution in [2.24, 2.45) is 0 Å². The lowest BCUT2D eigenvalue weighted by Gasteiger charge is -2.34. The molecule has 0 bridgehead atoms. The van der Waals surface area contributed by atoms with Crippen molar-refractivity contribution in [1.29, 1.82) is 0 Å². The first-order valence-corrected chi connectivity index (χ1v) is 15.8. The quantitative estimate of drug-likeness (QED) is 0.282. The van der Waals surface area contributed by atoms with E-state index in [0.717, 1.165) is 21.7 Å². The van der Waals surface area contributed by atoms with Crippen molar-refractivity contribution in [2.75, 3.05) is 31.3 Å². The fourth-order valence-corrected chi connectivity index (χ4v) is 5.48. The summed E-state index contributed by atoms with van der Waals surface area (Å²) in [5, 5.41) is 3.20. The maximum Gasteiger partial charge on any atom is 0.244 e. The first-order valence-electron chi connectivity index (χ1n) is 13.5. The highest BCUT2D eigenvalue weighted by Crippen LogP contribution is 2.30. The van der Waals surface area contributed by atoms with E-state index in [1.54, 1.807) is 25.3 Å². The lowest BCUT2D eigenvalue weighted by atomic mass is 10.0.